The van der Waals surface area contributed by atoms with E-state index in [1.54, 1.807) is 6.07 Å². The van der Waals surface area contributed by atoms with E-state index in [9.17, 15) is 4.79 Å². The molecule has 0 unspecified atom stereocenters. The van der Waals surface area contributed by atoms with Crippen molar-refractivity contribution in [2.24, 2.45) is 0 Å². The molecule has 2 aromatic heterocycles. The van der Waals surface area contributed by atoms with E-state index in [4.69, 9.17) is 4.74 Å². The molecule has 0 N–H and O–H groups in total. The van der Waals surface area contributed by atoms with E-state index in [0.29, 0.717) is 5.56 Å². The number of ether oxygens (including phenoxy) is 1. The first kappa shape index (κ1) is 12.4. The fourth-order valence-corrected chi connectivity index (χ4v) is 2.23. The Morgan fingerprint density at radius 3 is 2.75 bits per heavy atom. The lowest BCUT2D eigenvalue weighted by Crippen LogP contribution is -2.03. The Balaban J connectivity index is 2.18. The molecule has 0 amide bonds. The summed E-state index contributed by atoms with van der Waals surface area (Å²) in [6.45, 7) is 2.03. The van der Waals surface area contributed by atoms with Gasteiger partial charge in [0.2, 0.25) is 0 Å². The summed E-state index contributed by atoms with van der Waals surface area (Å²) in [6.07, 6.45) is 3.93. The predicted octanol–water partition coefficient (Wildman–Crippen LogP) is 3.10. The van der Waals surface area contributed by atoms with Gasteiger partial charge in [0.15, 0.2) is 0 Å². The highest BCUT2D eigenvalue weighted by Gasteiger charge is 2.14. The van der Waals surface area contributed by atoms with E-state index < -0.39 is 0 Å². The molecule has 0 radical (unpaired) electrons. The second kappa shape index (κ2) is 4.81. The van der Waals surface area contributed by atoms with Crippen molar-refractivity contribution in [3.8, 4) is 11.3 Å². The van der Waals surface area contributed by atoms with Gasteiger partial charge in [0.05, 0.1) is 18.4 Å². The summed E-state index contributed by atoms with van der Waals surface area (Å²) in [7, 11) is 1.38. The van der Waals surface area contributed by atoms with Crippen molar-refractivity contribution >= 4 is 11.6 Å². The van der Waals surface area contributed by atoms with Crippen LogP contribution in [-0.2, 0) is 4.74 Å². The lowest BCUT2D eigenvalue weighted by atomic mass is 10.1. The Kier molecular flexibility index (Phi) is 2.99. The number of aromatic nitrogens is 2. The lowest BCUT2D eigenvalue weighted by Gasteiger charge is -2.04. The number of carbonyl (C=O) groups is 1. The Morgan fingerprint density at radius 2 is 1.95 bits per heavy atom. The highest BCUT2D eigenvalue weighted by molar-refractivity contribution is 5.96. The number of aryl methyl sites for hydroxylation is 1. The van der Waals surface area contributed by atoms with Gasteiger partial charge in [-0.1, -0.05) is 24.3 Å². The quantitative estimate of drug-likeness (QED) is 0.669. The molecule has 1 aromatic carbocycles. The lowest BCUT2D eigenvalue weighted by molar-refractivity contribution is 0.0601. The number of esters is 1. The number of hydrogen-bond acceptors (Lipinski definition) is 3. The van der Waals surface area contributed by atoms with Crippen LogP contribution in [0.5, 0.6) is 0 Å². The molecule has 20 heavy (non-hydrogen) atoms. The number of nitrogens with zero attached hydrogens (tertiary/aromatic N) is 2. The van der Waals surface area contributed by atoms with Crippen molar-refractivity contribution < 1.29 is 9.53 Å². The Morgan fingerprint density at radius 1 is 1.15 bits per heavy atom. The van der Waals surface area contributed by atoms with Crippen LogP contribution in [-0.4, -0.2) is 22.5 Å². The monoisotopic (exact) mass is 266 g/mol. The number of hydrogen-bond donors (Lipinski definition) is 0. The van der Waals surface area contributed by atoms with Crippen LogP contribution in [0.3, 0.4) is 0 Å². The maximum Gasteiger partial charge on any atom is 0.338 e. The molecule has 3 aromatic rings. The van der Waals surface area contributed by atoms with E-state index in [2.05, 4.69) is 4.98 Å². The SMILES string of the molecule is COC(=O)c1ccccc1-c1cn2cc(C)ccc2n1. The van der Waals surface area contributed by atoms with Gasteiger partial charge in [-0.25, -0.2) is 9.78 Å². The molecule has 0 aliphatic carbocycles. The fraction of sp³-hybridized carbons (Fsp3) is 0.125. The highest BCUT2D eigenvalue weighted by Crippen LogP contribution is 2.24. The average Bonchev–Trinajstić information content (AvgIpc) is 2.89. The number of fused-ring (bicyclic) bond motifs is 1. The molecule has 0 saturated heterocycles. The minimum absolute atomic E-state index is 0.353. The first-order chi connectivity index (χ1) is 9.69. The third-order valence-corrected chi connectivity index (χ3v) is 3.21. The second-order valence-electron chi connectivity index (χ2n) is 4.64. The Hall–Kier alpha value is -2.62. The molecule has 2 heterocycles. The van der Waals surface area contributed by atoms with Gasteiger partial charge in [-0.3, -0.25) is 0 Å². The van der Waals surface area contributed by atoms with Gasteiger partial charge in [0.25, 0.3) is 0 Å². The van der Waals surface area contributed by atoms with Crippen LogP contribution < -0.4 is 0 Å². The summed E-state index contributed by atoms with van der Waals surface area (Å²) in [5.74, 6) is -0.353. The van der Waals surface area contributed by atoms with Crippen LogP contribution in [0.15, 0.2) is 48.8 Å². The van der Waals surface area contributed by atoms with Crippen LogP contribution in [0.25, 0.3) is 16.9 Å². The van der Waals surface area contributed by atoms with Crippen LogP contribution >= 0.6 is 0 Å². The number of carbonyl (C=O) groups excluding carboxylic acids is 1. The molecule has 0 fully saturated rings. The smallest absolute Gasteiger partial charge is 0.338 e. The molecule has 0 atom stereocenters. The molecular weight excluding hydrogens is 252 g/mol. The second-order valence-corrected chi connectivity index (χ2v) is 4.64. The van der Waals surface area contributed by atoms with Crippen molar-refractivity contribution in [1.82, 2.24) is 9.38 Å². The van der Waals surface area contributed by atoms with Crippen LogP contribution in [0.2, 0.25) is 0 Å². The van der Waals surface area contributed by atoms with E-state index in [1.807, 2.05) is 54.0 Å². The maximum absolute atomic E-state index is 11.8. The molecule has 0 saturated carbocycles. The van der Waals surface area contributed by atoms with Crippen LogP contribution in [0, 0.1) is 6.92 Å². The summed E-state index contributed by atoms with van der Waals surface area (Å²) in [5, 5.41) is 0. The number of imidazole rings is 1. The van der Waals surface area contributed by atoms with E-state index in [0.717, 1.165) is 22.5 Å². The molecule has 3 rings (SSSR count). The van der Waals surface area contributed by atoms with Crippen LogP contribution in [0.1, 0.15) is 15.9 Å². The number of benzene rings is 1. The van der Waals surface area contributed by atoms with Gasteiger partial charge < -0.3 is 9.14 Å². The zero-order valence-corrected chi connectivity index (χ0v) is 11.3. The first-order valence-electron chi connectivity index (χ1n) is 6.32. The number of rotatable bonds is 2. The fourth-order valence-electron chi connectivity index (χ4n) is 2.23. The molecule has 0 bridgehead atoms. The molecule has 0 aliphatic heterocycles. The number of pyridine rings is 1. The summed E-state index contributed by atoms with van der Waals surface area (Å²) >= 11 is 0. The predicted molar refractivity (Wildman–Crippen MR) is 76.7 cm³/mol. The summed E-state index contributed by atoms with van der Waals surface area (Å²) < 4.78 is 6.78. The topological polar surface area (TPSA) is 43.6 Å². The van der Waals surface area contributed by atoms with Gasteiger partial charge in [-0.05, 0) is 24.6 Å². The molecule has 0 spiro atoms. The molecule has 4 heteroatoms. The minimum Gasteiger partial charge on any atom is -0.465 e. The highest BCUT2D eigenvalue weighted by atomic mass is 16.5. The van der Waals surface area contributed by atoms with Gasteiger partial charge in [0.1, 0.15) is 5.65 Å². The van der Waals surface area contributed by atoms with Crippen molar-refractivity contribution in [3.05, 3.63) is 59.9 Å². The zero-order valence-electron chi connectivity index (χ0n) is 11.3. The third kappa shape index (κ3) is 2.05. The Bertz CT molecular complexity index is 790. The molecular formula is C16H14N2O2. The third-order valence-electron chi connectivity index (χ3n) is 3.21. The first-order valence-corrected chi connectivity index (χ1v) is 6.32. The van der Waals surface area contributed by atoms with Gasteiger partial charge in [-0.2, -0.15) is 0 Å². The Labute approximate surface area is 116 Å². The number of methoxy groups -OCH3 is 1. The van der Waals surface area contributed by atoms with Crippen molar-refractivity contribution in [1.29, 1.82) is 0 Å². The normalized spacial score (nSPS) is 10.7. The van der Waals surface area contributed by atoms with Gasteiger partial charge in [-0.15, -0.1) is 0 Å². The maximum atomic E-state index is 11.8. The van der Waals surface area contributed by atoms with Gasteiger partial charge in [0, 0.05) is 18.0 Å². The van der Waals surface area contributed by atoms with Crippen molar-refractivity contribution in [2.45, 2.75) is 6.92 Å². The van der Waals surface area contributed by atoms with Crippen molar-refractivity contribution in [2.75, 3.05) is 7.11 Å². The van der Waals surface area contributed by atoms with E-state index >= 15 is 0 Å². The molecule has 0 aliphatic rings. The van der Waals surface area contributed by atoms with Crippen molar-refractivity contribution in [3.63, 3.8) is 0 Å². The summed E-state index contributed by atoms with van der Waals surface area (Å²) in [4.78, 5) is 16.4. The average molecular weight is 266 g/mol. The largest absolute Gasteiger partial charge is 0.465 e. The molecule has 100 valence electrons. The van der Waals surface area contributed by atoms with Gasteiger partial charge >= 0.3 is 5.97 Å². The minimum atomic E-state index is -0.353. The zero-order chi connectivity index (χ0) is 14.1. The summed E-state index contributed by atoms with van der Waals surface area (Å²) in [5.41, 5.74) is 4.07. The van der Waals surface area contributed by atoms with Crippen LogP contribution in [0.4, 0.5) is 0 Å². The standard InChI is InChI=1S/C16H14N2O2/c1-11-7-8-15-17-14(10-18(15)9-11)12-5-3-4-6-13(12)16(19)20-2/h3-10H,1-2H3. The van der Waals surface area contributed by atoms with E-state index in [-0.39, 0.29) is 5.97 Å². The van der Waals surface area contributed by atoms with E-state index in [1.165, 1.54) is 7.11 Å². The molecule has 4 nitrogen and oxygen atoms in total. The summed E-state index contributed by atoms with van der Waals surface area (Å²) in [6, 6.07) is 11.3.